The van der Waals surface area contributed by atoms with Crippen LogP contribution in [0.4, 0.5) is 0 Å². The maximum Gasteiger partial charge on any atom is 0.139 e. The van der Waals surface area contributed by atoms with Gasteiger partial charge in [-0.25, -0.2) is 0 Å². The number of nitrogens with one attached hydrogen (secondary N) is 1. The van der Waals surface area contributed by atoms with Gasteiger partial charge in [-0.1, -0.05) is 33.3 Å². The van der Waals surface area contributed by atoms with Gasteiger partial charge in [-0.15, -0.1) is 0 Å². The number of ketones is 1. The first-order valence-corrected chi connectivity index (χ1v) is 8.32. The molecule has 0 saturated heterocycles. The van der Waals surface area contributed by atoms with Gasteiger partial charge in [0.25, 0.3) is 0 Å². The Morgan fingerprint density at radius 3 is 2.76 bits per heavy atom. The molecule has 0 aromatic heterocycles. The number of ether oxygens (including phenoxy) is 1. The quantitative estimate of drug-likeness (QED) is 0.778. The summed E-state index contributed by atoms with van der Waals surface area (Å²) < 4.78 is 6.08. The van der Waals surface area contributed by atoms with Crippen LogP contribution in [0.3, 0.4) is 0 Å². The topological polar surface area (TPSA) is 38.3 Å². The van der Waals surface area contributed by atoms with Gasteiger partial charge in [-0.05, 0) is 43.9 Å². The largest absolute Gasteiger partial charge is 0.491 e. The molecule has 2 aliphatic carbocycles. The lowest BCUT2D eigenvalue weighted by Gasteiger charge is -2.36. The number of hydrogen-bond donors (Lipinski definition) is 1. The van der Waals surface area contributed by atoms with E-state index < -0.39 is 0 Å². The lowest BCUT2D eigenvalue weighted by molar-refractivity contribution is -0.121. The molecule has 1 fully saturated rings. The summed E-state index contributed by atoms with van der Waals surface area (Å²) in [5, 5.41) is 3.45. The van der Waals surface area contributed by atoms with Crippen molar-refractivity contribution in [2.45, 2.75) is 65.5 Å². The smallest absolute Gasteiger partial charge is 0.139 e. The first kappa shape index (κ1) is 16.3. The Morgan fingerprint density at radius 1 is 1.43 bits per heavy atom. The van der Waals surface area contributed by atoms with Crippen LogP contribution in [0.2, 0.25) is 0 Å². The normalized spacial score (nSPS) is 28.7. The first-order chi connectivity index (χ1) is 9.97. The van der Waals surface area contributed by atoms with E-state index in [-0.39, 0.29) is 5.92 Å². The van der Waals surface area contributed by atoms with Crippen molar-refractivity contribution in [3.05, 3.63) is 23.5 Å². The van der Waals surface area contributed by atoms with Crippen LogP contribution >= 0.6 is 0 Å². The van der Waals surface area contributed by atoms with Crippen molar-refractivity contribution in [2.24, 2.45) is 11.8 Å². The molecule has 0 aliphatic heterocycles. The number of carbonyl (C=O) groups is 1. The molecule has 3 heteroatoms. The Hall–Kier alpha value is -1.09. The van der Waals surface area contributed by atoms with Crippen LogP contribution in [0, 0.1) is 11.8 Å². The van der Waals surface area contributed by atoms with Crippen molar-refractivity contribution >= 4 is 5.78 Å². The summed E-state index contributed by atoms with van der Waals surface area (Å²) in [6, 6.07) is 0.618. The van der Waals surface area contributed by atoms with E-state index in [0.29, 0.717) is 30.3 Å². The Bertz CT molecular complexity index is 430. The highest BCUT2D eigenvalue weighted by Gasteiger charge is 2.30. The summed E-state index contributed by atoms with van der Waals surface area (Å²) >= 11 is 0. The van der Waals surface area contributed by atoms with Crippen LogP contribution in [-0.4, -0.2) is 24.5 Å². The Balaban J connectivity index is 1.87. The molecule has 2 rings (SSSR count). The molecule has 1 N–H and O–H groups in total. The molecule has 1 saturated carbocycles. The van der Waals surface area contributed by atoms with Gasteiger partial charge in [-0.3, -0.25) is 4.79 Å². The average molecular weight is 291 g/mol. The van der Waals surface area contributed by atoms with Crippen molar-refractivity contribution in [1.82, 2.24) is 5.32 Å². The van der Waals surface area contributed by atoms with Crippen molar-refractivity contribution in [3.63, 3.8) is 0 Å². The number of Topliss-reactive ketones (excluding diaryl/α,β-unsaturated/α-hetero) is 1. The van der Waals surface area contributed by atoms with Gasteiger partial charge in [0.15, 0.2) is 0 Å². The third-order valence-electron chi connectivity index (χ3n) is 4.31. The fraction of sp³-hybridized carbons (Fsp3) is 0.722. The van der Waals surface area contributed by atoms with Crippen LogP contribution in [0.15, 0.2) is 23.5 Å². The highest BCUT2D eigenvalue weighted by molar-refractivity contribution is 5.82. The zero-order valence-corrected chi connectivity index (χ0v) is 13.8. The molecular formula is C18H29NO2. The fourth-order valence-electron chi connectivity index (χ4n) is 3.00. The maximum atomic E-state index is 11.9. The molecule has 2 aliphatic rings. The predicted molar refractivity (Wildman–Crippen MR) is 86.0 cm³/mol. The molecule has 21 heavy (non-hydrogen) atoms. The van der Waals surface area contributed by atoms with E-state index in [0.717, 1.165) is 31.6 Å². The second-order valence-electron chi connectivity index (χ2n) is 6.82. The summed E-state index contributed by atoms with van der Waals surface area (Å²) in [6.45, 7) is 9.30. The SMILES string of the molecule is CCNC1CC(OC2=CC(C)CC(CC(=O)C(C)C)=C2)C1. The van der Waals surface area contributed by atoms with Crippen LogP contribution in [0.25, 0.3) is 0 Å². The van der Waals surface area contributed by atoms with E-state index >= 15 is 0 Å². The van der Waals surface area contributed by atoms with E-state index in [4.69, 9.17) is 4.74 Å². The van der Waals surface area contributed by atoms with Crippen LogP contribution in [0.1, 0.15) is 53.4 Å². The minimum atomic E-state index is 0.115. The van der Waals surface area contributed by atoms with Gasteiger partial charge in [0, 0.05) is 18.4 Å². The molecule has 0 heterocycles. The lowest BCUT2D eigenvalue weighted by atomic mass is 9.88. The average Bonchev–Trinajstić information content (AvgIpc) is 2.35. The Kier molecular flexibility index (Phi) is 5.63. The zero-order chi connectivity index (χ0) is 15.4. The molecule has 1 unspecified atom stereocenters. The molecule has 0 bridgehead atoms. The van der Waals surface area contributed by atoms with Crippen LogP contribution in [-0.2, 0) is 9.53 Å². The zero-order valence-electron chi connectivity index (χ0n) is 13.8. The summed E-state index contributed by atoms with van der Waals surface area (Å²) in [4.78, 5) is 11.9. The maximum absolute atomic E-state index is 11.9. The summed E-state index contributed by atoms with van der Waals surface area (Å²) in [5.41, 5.74) is 1.22. The molecule has 3 nitrogen and oxygen atoms in total. The van der Waals surface area contributed by atoms with Crippen molar-refractivity contribution < 1.29 is 9.53 Å². The van der Waals surface area contributed by atoms with Gasteiger partial charge in [0.2, 0.25) is 0 Å². The second kappa shape index (κ2) is 7.26. The molecule has 1 atom stereocenters. The van der Waals surface area contributed by atoms with E-state index in [9.17, 15) is 4.79 Å². The van der Waals surface area contributed by atoms with Crippen molar-refractivity contribution in [3.8, 4) is 0 Å². The third kappa shape index (κ3) is 4.70. The van der Waals surface area contributed by atoms with E-state index in [1.807, 2.05) is 13.8 Å². The van der Waals surface area contributed by atoms with Crippen molar-refractivity contribution in [1.29, 1.82) is 0 Å². The van der Waals surface area contributed by atoms with Gasteiger partial charge in [0.1, 0.15) is 17.6 Å². The van der Waals surface area contributed by atoms with Gasteiger partial charge in [-0.2, -0.15) is 0 Å². The fourth-order valence-corrected chi connectivity index (χ4v) is 3.00. The monoisotopic (exact) mass is 291 g/mol. The van der Waals surface area contributed by atoms with Crippen LogP contribution < -0.4 is 5.32 Å². The standard InChI is InChI=1S/C18H29NO2/c1-5-19-15-10-17(11-15)21-16-7-13(4)6-14(8-16)9-18(20)12(2)3/h7-8,12-13,15,17,19H,5-6,9-11H2,1-4H3. The van der Waals surface area contributed by atoms with E-state index in [1.54, 1.807) is 0 Å². The van der Waals surface area contributed by atoms with E-state index in [2.05, 4.69) is 31.3 Å². The molecule has 118 valence electrons. The van der Waals surface area contributed by atoms with Gasteiger partial charge >= 0.3 is 0 Å². The third-order valence-corrected chi connectivity index (χ3v) is 4.31. The Morgan fingerprint density at radius 2 is 2.14 bits per heavy atom. The van der Waals surface area contributed by atoms with E-state index in [1.165, 1.54) is 5.57 Å². The molecule has 0 spiro atoms. The second-order valence-corrected chi connectivity index (χ2v) is 6.82. The molecule has 0 amide bonds. The number of carbonyl (C=O) groups excluding carboxylic acids is 1. The first-order valence-electron chi connectivity index (χ1n) is 8.32. The molecule has 0 aromatic rings. The minimum Gasteiger partial charge on any atom is -0.491 e. The Labute approximate surface area is 128 Å². The predicted octanol–water partition coefficient (Wildman–Crippen LogP) is 3.61. The summed E-state index contributed by atoms with van der Waals surface area (Å²) in [5.74, 6) is 1.87. The summed E-state index contributed by atoms with van der Waals surface area (Å²) in [7, 11) is 0. The number of allylic oxidation sites excluding steroid dienone is 3. The van der Waals surface area contributed by atoms with Gasteiger partial charge in [0.05, 0.1) is 0 Å². The molecule has 0 radical (unpaired) electrons. The summed E-state index contributed by atoms with van der Waals surface area (Å²) in [6.07, 6.45) is 8.37. The van der Waals surface area contributed by atoms with Crippen molar-refractivity contribution in [2.75, 3.05) is 6.54 Å². The highest BCUT2D eigenvalue weighted by Crippen LogP contribution is 2.31. The number of hydrogen-bond acceptors (Lipinski definition) is 3. The molecular weight excluding hydrogens is 262 g/mol. The minimum absolute atomic E-state index is 0.115. The van der Waals surface area contributed by atoms with Crippen LogP contribution in [0.5, 0.6) is 0 Å². The lowest BCUT2D eigenvalue weighted by Crippen LogP contribution is -2.45. The van der Waals surface area contributed by atoms with Gasteiger partial charge < -0.3 is 10.1 Å². The number of rotatable bonds is 7. The highest BCUT2D eigenvalue weighted by atomic mass is 16.5. The molecule has 0 aromatic carbocycles.